The van der Waals surface area contributed by atoms with Crippen LogP contribution in [0.5, 0.6) is 0 Å². The number of H-pyrrole nitrogens is 1. The van der Waals surface area contributed by atoms with Gasteiger partial charge in [-0.2, -0.15) is 5.10 Å². The highest BCUT2D eigenvalue weighted by molar-refractivity contribution is 5.99. The lowest BCUT2D eigenvalue weighted by atomic mass is 10.1. The van der Waals surface area contributed by atoms with Crippen molar-refractivity contribution in [3.8, 4) is 0 Å². The number of nitrogens with two attached hydrogens (primary N) is 1. The van der Waals surface area contributed by atoms with Gasteiger partial charge in [-0.25, -0.2) is 0 Å². The number of methoxy groups -OCH3 is 1. The summed E-state index contributed by atoms with van der Waals surface area (Å²) in [6.07, 6.45) is 0. The zero-order valence-electron chi connectivity index (χ0n) is 10.0. The molecule has 0 fully saturated rings. The molecule has 0 atom stereocenters. The average Bonchev–Trinajstić information content (AvgIpc) is 2.67. The van der Waals surface area contributed by atoms with Gasteiger partial charge < -0.3 is 15.8 Å². The lowest BCUT2D eigenvalue weighted by Crippen LogP contribution is -2.30. The number of hydrogen-bond acceptors (Lipinski definition) is 5. The maximum atomic E-state index is 11.6. The number of anilines is 1. The van der Waals surface area contributed by atoms with Crippen LogP contribution in [0.4, 0.5) is 5.69 Å². The summed E-state index contributed by atoms with van der Waals surface area (Å²) < 4.78 is 4.40. The molecule has 0 spiro atoms. The molecule has 0 unspecified atom stereocenters. The molecule has 1 aromatic rings. The molecule has 7 heteroatoms. The molecule has 0 aromatic carbocycles. The average molecular weight is 240 g/mol. The number of aromatic nitrogens is 2. The van der Waals surface area contributed by atoms with Crippen molar-refractivity contribution in [2.75, 3.05) is 19.4 Å². The molecule has 0 aliphatic rings. The van der Waals surface area contributed by atoms with Gasteiger partial charge in [-0.3, -0.25) is 14.7 Å². The van der Waals surface area contributed by atoms with Crippen LogP contribution in [-0.4, -0.2) is 35.7 Å². The highest BCUT2D eigenvalue weighted by Gasteiger charge is 2.19. The van der Waals surface area contributed by atoms with Crippen molar-refractivity contribution >= 4 is 17.6 Å². The third-order valence-electron chi connectivity index (χ3n) is 2.25. The normalized spacial score (nSPS) is 10.4. The second kappa shape index (κ2) is 5.33. The summed E-state index contributed by atoms with van der Waals surface area (Å²) in [5.41, 5.74) is 6.88. The standard InChI is InChI=1S/C10H16N4O3/c1-5(2)8-7(11)9(14-13-8)10(16)12-4-6(15)17-3/h5H,4,11H2,1-3H3,(H,12,16)(H,13,14). The molecule has 0 saturated heterocycles. The largest absolute Gasteiger partial charge is 0.468 e. The summed E-state index contributed by atoms with van der Waals surface area (Å²) in [5, 5.41) is 8.90. The number of aromatic amines is 1. The number of carbonyl (C=O) groups is 2. The lowest BCUT2D eigenvalue weighted by molar-refractivity contribution is -0.139. The first kappa shape index (κ1) is 13.0. The van der Waals surface area contributed by atoms with Gasteiger partial charge in [-0.1, -0.05) is 13.8 Å². The molecular weight excluding hydrogens is 224 g/mol. The predicted octanol–water partition coefficient (Wildman–Crippen LogP) is 0.0181. The molecule has 17 heavy (non-hydrogen) atoms. The van der Waals surface area contributed by atoms with Crippen LogP contribution < -0.4 is 11.1 Å². The van der Waals surface area contributed by atoms with Crippen molar-refractivity contribution in [3.05, 3.63) is 11.4 Å². The minimum absolute atomic E-state index is 0.0950. The van der Waals surface area contributed by atoms with Gasteiger partial charge in [0.05, 0.1) is 18.5 Å². The SMILES string of the molecule is COC(=O)CNC(=O)c1n[nH]c(C(C)C)c1N. The third kappa shape index (κ3) is 2.96. The van der Waals surface area contributed by atoms with Crippen molar-refractivity contribution in [2.45, 2.75) is 19.8 Å². The molecule has 0 aliphatic heterocycles. The first-order valence-corrected chi connectivity index (χ1v) is 5.16. The van der Waals surface area contributed by atoms with E-state index in [1.807, 2.05) is 13.8 Å². The van der Waals surface area contributed by atoms with Gasteiger partial charge in [0.25, 0.3) is 5.91 Å². The zero-order chi connectivity index (χ0) is 13.0. The summed E-state index contributed by atoms with van der Waals surface area (Å²) in [5.74, 6) is -0.891. The van der Waals surface area contributed by atoms with E-state index in [1.54, 1.807) is 0 Å². The first-order valence-electron chi connectivity index (χ1n) is 5.16. The van der Waals surface area contributed by atoms with Crippen LogP contribution in [0.25, 0.3) is 0 Å². The summed E-state index contributed by atoms with van der Waals surface area (Å²) in [6.45, 7) is 3.65. The van der Waals surface area contributed by atoms with Crippen LogP contribution in [0.2, 0.25) is 0 Å². The van der Waals surface area contributed by atoms with Gasteiger partial charge in [-0.15, -0.1) is 0 Å². The number of ether oxygens (including phenoxy) is 1. The van der Waals surface area contributed by atoms with Gasteiger partial charge in [0.2, 0.25) is 0 Å². The highest BCUT2D eigenvalue weighted by Crippen LogP contribution is 2.21. The molecule has 4 N–H and O–H groups in total. The molecule has 1 rings (SSSR count). The van der Waals surface area contributed by atoms with Gasteiger partial charge in [0, 0.05) is 0 Å². The number of esters is 1. The second-order valence-electron chi connectivity index (χ2n) is 3.81. The Kier molecular flexibility index (Phi) is 4.08. The Bertz CT molecular complexity index is 425. The van der Waals surface area contributed by atoms with E-state index in [-0.39, 0.29) is 18.2 Å². The Hall–Kier alpha value is -2.05. The highest BCUT2D eigenvalue weighted by atomic mass is 16.5. The fourth-order valence-electron chi connectivity index (χ4n) is 1.29. The molecule has 1 amide bonds. The molecule has 1 aromatic heterocycles. The van der Waals surface area contributed by atoms with E-state index >= 15 is 0 Å². The van der Waals surface area contributed by atoms with E-state index in [9.17, 15) is 9.59 Å². The van der Waals surface area contributed by atoms with Crippen LogP contribution in [-0.2, 0) is 9.53 Å². The lowest BCUT2D eigenvalue weighted by Gasteiger charge is -2.04. The number of nitrogen functional groups attached to an aromatic ring is 1. The van der Waals surface area contributed by atoms with Gasteiger partial charge in [-0.05, 0) is 5.92 Å². The Labute approximate surface area is 98.7 Å². The van der Waals surface area contributed by atoms with Crippen LogP contribution in [0, 0.1) is 0 Å². The number of hydrogen-bond donors (Lipinski definition) is 3. The Balaban J connectivity index is 2.73. The monoisotopic (exact) mass is 240 g/mol. The maximum absolute atomic E-state index is 11.6. The molecule has 0 radical (unpaired) electrons. The molecule has 1 heterocycles. The minimum atomic E-state index is -0.531. The predicted molar refractivity (Wildman–Crippen MR) is 61.4 cm³/mol. The topological polar surface area (TPSA) is 110 Å². The maximum Gasteiger partial charge on any atom is 0.325 e. The number of rotatable bonds is 4. The van der Waals surface area contributed by atoms with Crippen LogP contribution >= 0.6 is 0 Å². The van der Waals surface area contributed by atoms with Crippen molar-refractivity contribution in [1.29, 1.82) is 0 Å². The molecule has 0 saturated carbocycles. The number of carbonyl (C=O) groups excluding carboxylic acids is 2. The van der Waals surface area contributed by atoms with Gasteiger partial charge in [0.1, 0.15) is 6.54 Å². The van der Waals surface area contributed by atoms with E-state index < -0.39 is 11.9 Å². The first-order chi connectivity index (χ1) is 7.97. The summed E-state index contributed by atoms with van der Waals surface area (Å²) >= 11 is 0. The Morgan fingerprint density at radius 1 is 1.53 bits per heavy atom. The van der Waals surface area contributed by atoms with E-state index in [2.05, 4.69) is 20.3 Å². The molecule has 94 valence electrons. The van der Waals surface area contributed by atoms with Crippen molar-refractivity contribution < 1.29 is 14.3 Å². The fourth-order valence-corrected chi connectivity index (χ4v) is 1.29. The minimum Gasteiger partial charge on any atom is -0.468 e. The fraction of sp³-hybridized carbons (Fsp3) is 0.500. The molecule has 0 aliphatic carbocycles. The van der Waals surface area contributed by atoms with Crippen LogP contribution in [0.15, 0.2) is 0 Å². The van der Waals surface area contributed by atoms with Gasteiger partial charge >= 0.3 is 5.97 Å². The summed E-state index contributed by atoms with van der Waals surface area (Å²) in [6, 6.07) is 0. The molecular formula is C10H16N4O3. The number of nitrogens with one attached hydrogen (secondary N) is 2. The number of amides is 1. The van der Waals surface area contributed by atoms with Crippen LogP contribution in [0.3, 0.4) is 0 Å². The van der Waals surface area contributed by atoms with Crippen LogP contribution in [0.1, 0.15) is 35.9 Å². The molecule has 7 nitrogen and oxygen atoms in total. The third-order valence-corrected chi connectivity index (χ3v) is 2.25. The summed E-state index contributed by atoms with van der Waals surface area (Å²) in [4.78, 5) is 22.5. The van der Waals surface area contributed by atoms with E-state index in [4.69, 9.17) is 5.73 Å². The summed E-state index contributed by atoms with van der Waals surface area (Å²) in [7, 11) is 1.24. The zero-order valence-corrected chi connectivity index (χ0v) is 10.0. The number of nitrogens with zero attached hydrogens (tertiary/aromatic N) is 1. The Morgan fingerprint density at radius 2 is 2.18 bits per heavy atom. The Morgan fingerprint density at radius 3 is 2.65 bits per heavy atom. The van der Waals surface area contributed by atoms with Crippen molar-refractivity contribution in [2.24, 2.45) is 0 Å². The van der Waals surface area contributed by atoms with E-state index in [1.165, 1.54) is 7.11 Å². The second-order valence-corrected chi connectivity index (χ2v) is 3.81. The van der Waals surface area contributed by atoms with E-state index in [0.717, 1.165) is 0 Å². The quantitative estimate of drug-likeness (QED) is 0.642. The van der Waals surface area contributed by atoms with E-state index in [0.29, 0.717) is 11.4 Å². The van der Waals surface area contributed by atoms with Crippen molar-refractivity contribution in [3.63, 3.8) is 0 Å². The smallest absolute Gasteiger partial charge is 0.325 e. The molecule has 0 bridgehead atoms. The van der Waals surface area contributed by atoms with Crippen molar-refractivity contribution in [1.82, 2.24) is 15.5 Å². The van der Waals surface area contributed by atoms with Gasteiger partial charge in [0.15, 0.2) is 5.69 Å².